The quantitative estimate of drug-likeness (QED) is 0.794. The summed E-state index contributed by atoms with van der Waals surface area (Å²) in [4.78, 5) is 20.5. The second-order valence-electron chi connectivity index (χ2n) is 5.92. The zero-order valence-electron chi connectivity index (χ0n) is 13.9. The maximum atomic E-state index is 12.4. The third kappa shape index (κ3) is 4.03. The summed E-state index contributed by atoms with van der Waals surface area (Å²) in [5, 5.41) is 10.0. The first kappa shape index (κ1) is 16.7. The predicted molar refractivity (Wildman–Crippen MR) is 95.4 cm³/mol. The third-order valence-corrected chi connectivity index (χ3v) is 4.71. The van der Waals surface area contributed by atoms with Gasteiger partial charge in [-0.1, -0.05) is 13.8 Å². The van der Waals surface area contributed by atoms with Crippen LogP contribution in [0.3, 0.4) is 0 Å². The molecule has 0 unspecified atom stereocenters. The van der Waals surface area contributed by atoms with E-state index in [9.17, 15) is 4.79 Å². The first-order valence-corrected chi connectivity index (χ1v) is 8.96. The Morgan fingerprint density at radius 3 is 2.50 bits per heavy atom. The van der Waals surface area contributed by atoms with E-state index < -0.39 is 0 Å². The Morgan fingerprint density at radius 2 is 1.92 bits per heavy atom. The van der Waals surface area contributed by atoms with Crippen molar-refractivity contribution in [1.29, 1.82) is 0 Å². The fourth-order valence-corrected chi connectivity index (χ4v) is 3.31. The Morgan fingerprint density at radius 1 is 1.12 bits per heavy atom. The molecule has 2 aromatic rings. The molecule has 24 heavy (non-hydrogen) atoms. The number of carbonyl (C=O) groups is 1. The summed E-state index contributed by atoms with van der Waals surface area (Å²) in [5.41, 5.74) is 0.640. The molecule has 0 saturated carbocycles. The Labute approximate surface area is 146 Å². The molecule has 0 spiro atoms. The molecule has 1 aliphatic heterocycles. The van der Waals surface area contributed by atoms with Gasteiger partial charge in [0.15, 0.2) is 5.82 Å². The van der Waals surface area contributed by atoms with Crippen molar-refractivity contribution in [2.45, 2.75) is 24.1 Å². The molecule has 0 atom stereocenters. The third-order valence-electron chi connectivity index (χ3n) is 3.78. The average molecular weight is 343 g/mol. The Kier molecular flexibility index (Phi) is 5.30. The van der Waals surface area contributed by atoms with Crippen molar-refractivity contribution in [3.05, 3.63) is 42.2 Å². The van der Waals surface area contributed by atoms with Gasteiger partial charge in [-0.05, 0) is 24.3 Å². The normalized spacial score (nSPS) is 15.0. The molecule has 1 fully saturated rings. The van der Waals surface area contributed by atoms with E-state index in [-0.39, 0.29) is 5.91 Å². The highest BCUT2D eigenvalue weighted by atomic mass is 32.2. The average Bonchev–Trinajstić information content (AvgIpc) is 2.62. The van der Waals surface area contributed by atoms with E-state index in [0.717, 1.165) is 23.9 Å². The number of piperazine rings is 1. The molecule has 3 rings (SSSR count). The lowest BCUT2D eigenvalue weighted by Crippen LogP contribution is -2.49. The van der Waals surface area contributed by atoms with Gasteiger partial charge in [0.05, 0.1) is 5.56 Å². The lowest BCUT2D eigenvalue weighted by atomic mass is 10.2. The van der Waals surface area contributed by atoms with E-state index in [1.165, 1.54) is 0 Å². The van der Waals surface area contributed by atoms with Crippen LogP contribution in [0.2, 0.25) is 0 Å². The molecule has 3 heterocycles. The second-order valence-corrected chi connectivity index (χ2v) is 7.51. The van der Waals surface area contributed by atoms with Crippen LogP contribution in [0.1, 0.15) is 24.2 Å². The van der Waals surface area contributed by atoms with Gasteiger partial charge in [0.2, 0.25) is 0 Å². The molecule has 2 aromatic heterocycles. The minimum atomic E-state index is 0.0394. The minimum absolute atomic E-state index is 0.0394. The number of hydrogen-bond donors (Lipinski definition) is 0. The van der Waals surface area contributed by atoms with Crippen LogP contribution < -0.4 is 4.90 Å². The molecule has 0 aromatic carbocycles. The molecule has 0 radical (unpaired) electrons. The molecule has 1 saturated heterocycles. The van der Waals surface area contributed by atoms with Gasteiger partial charge in [0, 0.05) is 43.8 Å². The second kappa shape index (κ2) is 7.61. The largest absolute Gasteiger partial charge is 0.352 e. The highest BCUT2D eigenvalue weighted by molar-refractivity contribution is 7.99. The number of hydrogen-bond acceptors (Lipinski definition) is 6. The number of rotatable bonds is 4. The number of anilines is 1. The Bertz CT molecular complexity index is 669. The van der Waals surface area contributed by atoms with Crippen molar-refractivity contribution < 1.29 is 4.79 Å². The lowest BCUT2D eigenvalue weighted by molar-refractivity contribution is 0.0746. The topological polar surface area (TPSA) is 62.2 Å². The van der Waals surface area contributed by atoms with E-state index >= 15 is 0 Å². The summed E-state index contributed by atoms with van der Waals surface area (Å²) in [6.45, 7) is 7.15. The van der Waals surface area contributed by atoms with Crippen molar-refractivity contribution in [1.82, 2.24) is 20.1 Å². The summed E-state index contributed by atoms with van der Waals surface area (Å²) in [6, 6.07) is 7.62. The van der Waals surface area contributed by atoms with Gasteiger partial charge in [0.25, 0.3) is 5.91 Å². The van der Waals surface area contributed by atoms with Gasteiger partial charge < -0.3 is 9.80 Å². The summed E-state index contributed by atoms with van der Waals surface area (Å²) in [7, 11) is 0. The maximum Gasteiger partial charge on any atom is 0.255 e. The van der Waals surface area contributed by atoms with Crippen LogP contribution in [0.25, 0.3) is 0 Å². The molecular formula is C17H21N5OS. The summed E-state index contributed by atoms with van der Waals surface area (Å²) >= 11 is 1.70. The summed E-state index contributed by atoms with van der Waals surface area (Å²) in [6.07, 6.45) is 3.29. The van der Waals surface area contributed by atoms with Gasteiger partial charge >= 0.3 is 0 Å². The van der Waals surface area contributed by atoms with E-state index in [4.69, 9.17) is 0 Å². The molecule has 126 valence electrons. The molecule has 1 amide bonds. The fraction of sp³-hybridized carbons (Fsp3) is 0.412. The van der Waals surface area contributed by atoms with Gasteiger partial charge in [0.1, 0.15) is 5.03 Å². The Balaban J connectivity index is 1.58. The van der Waals surface area contributed by atoms with Crippen LogP contribution in [-0.4, -0.2) is 57.4 Å². The highest BCUT2D eigenvalue weighted by Crippen LogP contribution is 2.22. The van der Waals surface area contributed by atoms with Crippen LogP contribution in [0.5, 0.6) is 0 Å². The van der Waals surface area contributed by atoms with Crippen LogP contribution in [-0.2, 0) is 0 Å². The van der Waals surface area contributed by atoms with Crippen molar-refractivity contribution in [3.8, 4) is 0 Å². The lowest BCUT2D eigenvalue weighted by Gasteiger charge is -2.35. The summed E-state index contributed by atoms with van der Waals surface area (Å²) in [5.74, 6) is 0.911. The van der Waals surface area contributed by atoms with Crippen molar-refractivity contribution in [2.75, 3.05) is 31.1 Å². The van der Waals surface area contributed by atoms with Crippen LogP contribution in [0.15, 0.2) is 41.7 Å². The minimum Gasteiger partial charge on any atom is -0.352 e. The van der Waals surface area contributed by atoms with Gasteiger partial charge in [-0.25, -0.2) is 0 Å². The SMILES string of the molecule is CC(C)Sc1ccc(N2CCN(C(=O)c3cccnc3)CC2)nn1. The standard InChI is InChI=1S/C17H21N5OS/c1-13(2)24-16-6-5-15(19-20-16)21-8-10-22(11-9-21)17(23)14-4-3-7-18-12-14/h3-7,12-13H,8-11H2,1-2H3. The number of thioether (sulfide) groups is 1. The predicted octanol–water partition coefficient (Wildman–Crippen LogP) is 2.33. The number of amides is 1. The number of nitrogens with zero attached hydrogens (tertiary/aromatic N) is 5. The maximum absolute atomic E-state index is 12.4. The molecular weight excluding hydrogens is 322 g/mol. The molecule has 7 heteroatoms. The van der Waals surface area contributed by atoms with Crippen molar-refractivity contribution in [3.63, 3.8) is 0 Å². The highest BCUT2D eigenvalue weighted by Gasteiger charge is 2.23. The van der Waals surface area contributed by atoms with E-state index in [0.29, 0.717) is 23.9 Å². The number of aromatic nitrogens is 3. The first-order valence-electron chi connectivity index (χ1n) is 8.08. The van der Waals surface area contributed by atoms with Crippen molar-refractivity contribution >= 4 is 23.5 Å². The molecule has 0 aliphatic carbocycles. The number of pyridine rings is 1. The number of carbonyl (C=O) groups excluding carboxylic acids is 1. The van der Waals surface area contributed by atoms with E-state index in [1.54, 1.807) is 36.3 Å². The van der Waals surface area contributed by atoms with Crippen LogP contribution in [0.4, 0.5) is 5.82 Å². The van der Waals surface area contributed by atoms with Crippen LogP contribution >= 0.6 is 11.8 Å². The van der Waals surface area contributed by atoms with Gasteiger partial charge in [-0.2, -0.15) is 0 Å². The molecule has 6 nitrogen and oxygen atoms in total. The Hall–Kier alpha value is -2.15. The summed E-state index contributed by atoms with van der Waals surface area (Å²) < 4.78 is 0. The fourth-order valence-electron chi connectivity index (χ4n) is 2.60. The van der Waals surface area contributed by atoms with E-state index in [2.05, 4.69) is 33.9 Å². The van der Waals surface area contributed by atoms with E-state index in [1.807, 2.05) is 17.0 Å². The molecule has 0 N–H and O–H groups in total. The monoisotopic (exact) mass is 343 g/mol. The first-order chi connectivity index (χ1) is 11.6. The van der Waals surface area contributed by atoms with Crippen LogP contribution in [0, 0.1) is 0 Å². The zero-order valence-corrected chi connectivity index (χ0v) is 14.7. The zero-order chi connectivity index (χ0) is 16.9. The van der Waals surface area contributed by atoms with Crippen molar-refractivity contribution in [2.24, 2.45) is 0 Å². The smallest absolute Gasteiger partial charge is 0.255 e. The molecule has 1 aliphatic rings. The van der Waals surface area contributed by atoms with Gasteiger partial charge in [-0.3, -0.25) is 9.78 Å². The molecule has 0 bridgehead atoms. The van der Waals surface area contributed by atoms with Gasteiger partial charge in [-0.15, -0.1) is 22.0 Å².